The van der Waals surface area contributed by atoms with Gasteiger partial charge < -0.3 is 10.6 Å². The first-order valence-electron chi connectivity index (χ1n) is 6.79. The third kappa shape index (κ3) is 3.61. The Morgan fingerprint density at radius 1 is 1.29 bits per heavy atom. The normalized spacial score (nSPS) is 10.3. The van der Waals surface area contributed by atoms with Crippen molar-refractivity contribution in [3.8, 4) is 0 Å². The van der Waals surface area contributed by atoms with Gasteiger partial charge in [0.2, 0.25) is 0 Å². The number of amides is 1. The Labute approximate surface area is 133 Å². The van der Waals surface area contributed by atoms with E-state index in [-0.39, 0.29) is 5.91 Å². The first kappa shape index (κ1) is 15.5. The number of aromatic nitrogens is 1. The summed E-state index contributed by atoms with van der Waals surface area (Å²) < 4.78 is 1.01. The molecule has 0 fully saturated rings. The minimum Gasteiger partial charge on any atom is -0.383 e. The van der Waals surface area contributed by atoms with Crippen molar-refractivity contribution in [2.24, 2.45) is 0 Å². The summed E-state index contributed by atoms with van der Waals surface area (Å²) in [5.41, 5.74) is 4.23. The van der Waals surface area contributed by atoms with Crippen molar-refractivity contribution in [3.05, 3.63) is 51.8 Å². The van der Waals surface area contributed by atoms with Gasteiger partial charge >= 0.3 is 0 Å². The van der Waals surface area contributed by atoms with E-state index in [1.165, 1.54) is 0 Å². The Morgan fingerprint density at radius 3 is 2.57 bits per heavy atom. The van der Waals surface area contributed by atoms with E-state index >= 15 is 0 Å². The molecule has 0 unspecified atom stereocenters. The second kappa shape index (κ2) is 6.72. The van der Waals surface area contributed by atoms with Gasteiger partial charge in [-0.2, -0.15) is 0 Å². The van der Waals surface area contributed by atoms with Crippen LogP contribution in [-0.2, 0) is 0 Å². The molecule has 2 aromatic rings. The fraction of sp³-hybridized carbons (Fsp3) is 0.250. The minimum atomic E-state index is -0.137. The van der Waals surface area contributed by atoms with E-state index < -0.39 is 0 Å². The van der Waals surface area contributed by atoms with Crippen LogP contribution in [0.5, 0.6) is 0 Å². The lowest BCUT2D eigenvalue weighted by molar-refractivity contribution is 0.102. The van der Waals surface area contributed by atoms with E-state index in [0.717, 1.165) is 33.5 Å². The number of benzene rings is 1. The number of hydrogen-bond acceptors (Lipinski definition) is 3. The number of rotatable bonds is 4. The maximum Gasteiger partial charge on any atom is 0.257 e. The topological polar surface area (TPSA) is 54.0 Å². The van der Waals surface area contributed by atoms with Crippen LogP contribution in [0.1, 0.15) is 28.4 Å². The van der Waals surface area contributed by atoms with Gasteiger partial charge in [-0.25, -0.2) is 0 Å². The van der Waals surface area contributed by atoms with Crippen molar-refractivity contribution in [2.75, 3.05) is 17.2 Å². The number of carbonyl (C=O) groups excluding carboxylic acids is 1. The Kier molecular flexibility index (Phi) is 4.96. The standard InChI is InChI=1S/C16H18BrN3O/c1-4-19-14-9-18-6-5-13(14)16(21)20-15-10(2)7-12(17)8-11(15)3/h5-9,19H,4H2,1-3H3,(H,20,21). The average molecular weight is 348 g/mol. The van der Waals surface area contributed by atoms with Crippen molar-refractivity contribution in [3.63, 3.8) is 0 Å². The molecule has 110 valence electrons. The first-order valence-corrected chi connectivity index (χ1v) is 7.58. The lowest BCUT2D eigenvalue weighted by atomic mass is 10.1. The number of hydrogen-bond donors (Lipinski definition) is 2. The molecule has 0 aliphatic carbocycles. The summed E-state index contributed by atoms with van der Waals surface area (Å²) in [5.74, 6) is -0.137. The molecule has 1 aromatic carbocycles. The molecule has 1 aromatic heterocycles. The molecule has 0 radical (unpaired) electrons. The number of pyridine rings is 1. The molecule has 0 spiro atoms. The Morgan fingerprint density at radius 2 is 1.95 bits per heavy atom. The lowest BCUT2D eigenvalue weighted by Crippen LogP contribution is -2.16. The molecule has 0 atom stereocenters. The Hall–Kier alpha value is -1.88. The van der Waals surface area contributed by atoms with E-state index in [0.29, 0.717) is 5.56 Å². The number of anilines is 2. The van der Waals surface area contributed by atoms with E-state index in [1.807, 2.05) is 32.9 Å². The van der Waals surface area contributed by atoms with Crippen molar-refractivity contribution in [1.29, 1.82) is 0 Å². The van der Waals surface area contributed by atoms with Gasteiger partial charge in [-0.15, -0.1) is 0 Å². The van der Waals surface area contributed by atoms with Gasteiger partial charge in [-0.1, -0.05) is 15.9 Å². The fourth-order valence-corrected chi connectivity index (χ4v) is 2.90. The van der Waals surface area contributed by atoms with Crippen LogP contribution >= 0.6 is 15.9 Å². The minimum absolute atomic E-state index is 0.137. The second-order valence-electron chi connectivity index (χ2n) is 4.82. The summed E-state index contributed by atoms with van der Waals surface area (Å²) >= 11 is 3.46. The quantitative estimate of drug-likeness (QED) is 0.873. The third-order valence-electron chi connectivity index (χ3n) is 3.17. The molecule has 4 nitrogen and oxygen atoms in total. The predicted molar refractivity (Wildman–Crippen MR) is 90.0 cm³/mol. The molecule has 2 N–H and O–H groups in total. The maximum atomic E-state index is 12.5. The first-order chi connectivity index (χ1) is 10.0. The SMILES string of the molecule is CCNc1cnccc1C(=O)Nc1c(C)cc(Br)cc1C. The largest absolute Gasteiger partial charge is 0.383 e. The van der Waals surface area contributed by atoms with Gasteiger partial charge in [0, 0.05) is 22.9 Å². The van der Waals surface area contributed by atoms with Gasteiger partial charge in [-0.3, -0.25) is 9.78 Å². The van der Waals surface area contributed by atoms with Crippen LogP contribution in [0.4, 0.5) is 11.4 Å². The zero-order chi connectivity index (χ0) is 15.4. The number of aryl methyl sites for hydroxylation is 2. The van der Waals surface area contributed by atoms with Gasteiger partial charge in [0.15, 0.2) is 0 Å². The number of halogens is 1. The van der Waals surface area contributed by atoms with Crippen molar-refractivity contribution in [2.45, 2.75) is 20.8 Å². The van der Waals surface area contributed by atoms with Gasteiger partial charge in [0.05, 0.1) is 17.4 Å². The Bertz CT molecular complexity index is 647. The molecular formula is C16H18BrN3O. The maximum absolute atomic E-state index is 12.5. The highest BCUT2D eigenvalue weighted by Gasteiger charge is 2.13. The smallest absolute Gasteiger partial charge is 0.257 e. The van der Waals surface area contributed by atoms with E-state index in [1.54, 1.807) is 18.5 Å². The van der Waals surface area contributed by atoms with E-state index in [4.69, 9.17) is 0 Å². The molecule has 0 saturated heterocycles. The zero-order valence-corrected chi connectivity index (χ0v) is 13.9. The highest BCUT2D eigenvalue weighted by Crippen LogP contribution is 2.26. The summed E-state index contributed by atoms with van der Waals surface area (Å²) in [6.45, 7) is 6.68. The second-order valence-corrected chi connectivity index (χ2v) is 5.74. The van der Waals surface area contributed by atoms with E-state index in [9.17, 15) is 4.79 Å². The average Bonchev–Trinajstić information content (AvgIpc) is 2.43. The molecule has 5 heteroatoms. The van der Waals surface area contributed by atoms with Crippen LogP contribution in [-0.4, -0.2) is 17.4 Å². The van der Waals surface area contributed by atoms with Crippen LogP contribution < -0.4 is 10.6 Å². The van der Waals surface area contributed by atoms with Crippen LogP contribution in [0.3, 0.4) is 0 Å². The summed E-state index contributed by atoms with van der Waals surface area (Å²) in [7, 11) is 0. The molecule has 21 heavy (non-hydrogen) atoms. The monoisotopic (exact) mass is 347 g/mol. The van der Waals surface area contributed by atoms with Crippen molar-refractivity contribution < 1.29 is 4.79 Å². The summed E-state index contributed by atoms with van der Waals surface area (Å²) in [6, 6.07) is 5.69. The molecule has 0 aliphatic rings. The molecule has 2 rings (SSSR count). The van der Waals surface area contributed by atoms with Crippen LogP contribution in [0.15, 0.2) is 35.1 Å². The van der Waals surface area contributed by atoms with Crippen LogP contribution in [0.25, 0.3) is 0 Å². The van der Waals surface area contributed by atoms with Crippen LogP contribution in [0, 0.1) is 13.8 Å². The van der Waals surface area contributed by atoms with Gasteiger partial charge in [0.25, 0.3) is 5.91 Å². The Balaban J connectivity index is 2.31. The number of nitrogens with one attached hydrogen (secondary N) is 2. The fourth-order valence-electron chi connectivity index (χ4n) is 2.21. The van der Waals surface area contributed by atoms with Crippen molar-refractivity contribution >= 4 is 33.2 Å². The molecule has 0 aliphatic heterocycles. The highest BCUT2D eigenvalue weighted by atomic mass is 79.9. The van der Waals surface area contributed by atoms with Gasteiger partial charge in [-0.05, 0) is 50.1 Å². The van der Waals surface area contributed by atoms with Crippen molar-refractivity contribution in [1.82, 2.24) is 4.98 Å². The van der Waals surface area contributed by atoms with Crippen LogP contribution in [0.2, 0.25) is 0 Å². The predicted octanol–water partition coefficient (Wildman–Crippen LogP) is 4.15. The summed E-state index contributed by atoms with van der Waals surface area (Å²) in [5, 5.41) is 6.14. The zero-order valence-electron chi connectivity index (χ0n) is 12.3. The summed E-state index contributed by atoms with van der Waals surface area (Å²) in [6.07, 6.45) is 3.29. The molecule has 0 bridgehead atoms. The molecule has 0 saturated carbocycles. The lowest BCUT2D eigenvalue weighted by Gasteiger charge is -2.14. The van der Waals surface area contributed by atoms with Gasteiger partial charge in [0.1, 0.15) is 0 Å². The summed E-state index contributed by atoms with van der Waals surface area (Å²) in [4.78, 5) is 16.6. The molecular weight excluding hydrogens is 330 g/mol. The van der Waals surface area contributed by atoms with E-state index in [2.05, 4.69) is 31.5 Å². The molecule has 1 heterocycles. The third-order valence-corrected chi connectivity index (χ3v) is 3.63. The number of carbonyl (C=O) groups is 1. The molecule has 1 amide bonds. The highest BCUT2D eigenvalue weighted by molar-refractivity contribution is 9.10. The number of nitrogens with zero attached hydrogens (tertiary/aromatic N) is 1.